The van der Waals surface area contributed by atoms with Crippen molar-refractivity contribution in [1.29, 1.82) is 0 Å². The van der Waals surface area contributed by atoms with Crippen LogP contribution in [0.3, 0.4) is 0 Å². The van der Waals surface area contributed by atoms with Gasteiger partial charge in [0, 0.05) is 36.8 Å². The van der Waals surface area contributed by atoms with Crippen molar-refractivity contribution in [2.75, 3.05) is 0 Å². The lowest BCUT2D eigenvalue weighted by molar-refractivity contribution is 0.626. The van der Waals surface area contributed by atoms with Crippen LogP contribution in [0.15, 0.2) is 47.7 Å². The Balaban J connectivity index is 2.14. The number of hydrogen-bond acceptors (Lipinski definition) is 3. The number of halogens is 1. The molecule has 0 radical (unpaired) electrons. The number of pyridine rings is 2. The molecular formula is C17H17ClN4O. The second kappa shape index (κ2) is 6.01. The number of hydrogen-bond donors (Lipinski definition) is 0. The lowest BCUT2D eigenvalue weighted by Crippen LogP contribution is -2.19. The Kier molecular flexibility index (Phi) is 4.05. The highest BCUT2D eigenvalue weighted by Gasteiger charge is 2.17. The first-order chi connectivity index (χ1) is 11.0. The van der Waals surface area contributed by atoms with Gasteiger partial charge in [0.05, 0.1) is 11.7 Å². The summed E-state index contributed by atoms with van der Waals surface area (Å²) >= 11 is 6.14. The summed E-state index contributed by atoms with van der Waals surface area (Å²) in [5.74, 6) is 0.715. The SMILES string of the molecule is Cc1cc(-c2nc(Cl)cn2C(C)c2ccccn2)cn(C)c1=O. The fraction of sp³-hybridized carbons (Fsp3) is 0.235. The molecule has 1 unspecified atom stereocenters. The molecule has 0 aliphatic rings. The van der Waals surface area contributed by atoms with Crippen molar-refractivity contribution < 1.29 is 0 Å². The fourth-order valence-electron chi connectivity index (χ4n) is 2.64. The van der Waals surface area contributed by atoms with Crippen LogP contribution >= 0.6 is 11.6 Å². The smallest absolute Gasteiger partial charge is 0.253 e. The van der Waals surface area contributed by atoms with Crippen LogP contribution in [0.2, 0.25) is 5.15 Å². The third-order valence-corrected chi connectivity index (χ3v) is 4.04. The van der Waals surface area contributed by atoms with Crippen molar-refractivity contribution in [3.63, 3.8) is 0 Å². The molecule has 0 aliphatic heterocycles. The first-order valence-corrected chi connectivity index (χ1v) is 7.68. The first-order valence-electron chi connectivity index (χ1n) is 7.30. The van der Waals surface area contributed by atoms with E-state index in [1.807, 2.05) is 35.8 Å². The average Bonchev–Trinajstić information content (AvgIpc) is 2.94. The van der Waals surface area contributed by atoms with Crippen LogP contribution in [-0.4, -0.2) is 19.1 Å². The van der Waals surface area contributed by atoms with E-state index in [2.05, 4.69) is 9.97 Å². The molecule has 3 rings (SSSR count). The van der Waals surface area contributed by atoms with Crippen molar-refractivity contribution >= 4 is 11.6 Å². The van der Waals surface area contributed by atoms with Gasteiger partial charge in [-0.15, -0.1) is 0 Å². The molecule has 0 fully saturated rings. The van der Waals surface area contributed by atoms with E-state index in [1.54, 1.807) is 37.1 Å². The van der Waals surface area contributed by atoms with Crippen molar-refractivity contribution in [2.45, 2.75) is 19.9 Å². The minimum atomic E-state index is -0.0243. The van der Waals surface area contributed by atoms with Gasteiger partial charge >= 0.3 is 0 Å². The molecule has 0 saturated carbocycles. The second-order valence-corrected chi connectivity index (χ2v) is 5.94. The van der Waals surface area contributed by atoms with E-state index in [0.29, 0.717) is 16.5 Å². The zero-order valence-electron chi connectivity index (χ0n) is 13.2. The normalized spacial score (nSPS) is 12.3. The summed E-state index contributed by atoms with van der Waals surface area (Å²) in [6.07, 6.45) is 5.33. The number of aromatic nitrogens is 4. The van der Waals surface area contributed by atoms with E-state index in [1.165, 1.54) is 0 Å². The number of aryl methyl sites for hydroxylation is 2. The maximum absolute atomic E-state index is 11.9. The van der Waals surface area contributed by atoms with Crippen LogP contribution < -0.4 is 5.56 Å². The largest absolute Gasteiger partial charge is 0.321 e. The van der Waals surface area contributed by atoms with Crippen LogP contribution in [0, 0.1) is 6.92 Å². The van der Waals surface area contributed by atoms with Crippen molar-refractivity contribution in [3.05, 3.63) is 69.6 Å². The zero-order chi connectivity index (χ0) is 16.6. The van der Waals surface area contributed by atoms with E-state index in [0.717, 1.165) is 11.3 Å². The summed E-state index contributed by atoms with van der Waals surface area (Å²) < 4.78 is 3.53. The van der Waals surface area contributed by atoms with Gasteiger partial charge in [-0.25, -0.2) is 4.98 Å². The van der Waals surface area contributed by atoms with E-state index in [-0.39, 0.29) is 11.6 Å². The molecule has 0 aliphatic carbocycles. The molecule has 0 spiro atoms. The Hall–Kier alpha value is -2.40. The molecule has 0 N–H and O–H groups in total. The molecule has 1 atom stereocenters. The molecule has 0 bridgehead atoms. The molecule has 118 valence electrons. The van der Waals surface area contributed by atoms with E-state index >= 15 is 0 Å². The topological polar surface area (TPSA) is 52.7 Å². The molecule has 0 saturated heterocycles. The molecule has 5 nitrogen and oxygen atoms in total. The quantitative estimate of drug-likeness (QED) is 0.741. The first kappa shape index (κ1) is 15.5. The van der Waals surface area contributed by atoms with Crippen LogP contribution in [0.5, 0.6) is 0 Å². The third-order valence-electron chi connectivity index (χ3n) is 3.86. The van der Waals surface area contributed by atoms with Crippen molar-refractivity contribution in [2.24, 2.45) is 7.05 Å². The average molecular weight is 329 g/mol. The number of nitrogens with zero attached hydrogens (tertiary/aromatic N) is 4. The van der Waals surface area contributed by atoms with E-state index < -0.39 is 0 Å². The van der Waals surface area contributed by atoms with E-state index in [4.69, 9.17) is 11.6 Å². The molecule has 6 heteroatoms. The highest BCUT2D eigenvalue weighted by molar-refractivity contribution is 6.29. The summed E-state index contributed by atoms with van der Waals surface area (Å²) in [4.78, 5) is 20.7. The minimum Gasteiger partial charge on any atom is -0.321 e. The Morgan fingerprint density at radius 3 is 2.70 bits per heavy atom. The maximum atomic E-state index is 11.9. The minimum absolute atomic E-state index is 0.0178. The molecule has 3 aromatic rings. The van der Waals surface area contributed by atoms with Gasteiger partial charge in [0.1, 0.15) is 11.0 Å². The lowest BCUT2D eigenvalue weighted by Gasteiger charge is -2.16. The van der Waals surface area contributed by atoms with Crippen LogP contribution in [0.25, 0.3) is 11.4 Å². The zero-order valence-corrected chi connectivity index (χ0v) is 13.9. The fourth-order valence-corrected chi connectivity index (χ4v) is 2.82. The van der Waals surface area contributed by atoms with Gasteiger partial charge in [-0.1, -0.05) is 17.7 Å². The van der Waals surface area contributed by atoms with Crippen LogP contribution in [0.1, 0.15) is 24.2 Å². The van der Waals surface area contributed by atoms with Gasteiger partial charge in [-0.3, -0.25) is 9.78 Å². The monoisotopic (exact) mass is 328 g/mol. The maximum Gasteiger partial charge on any atom is 0.253 e. The molecule has 3 aromatic heterocycles. The van der Waals surface area contributed by atoms with Gasteiger partial charge in [-0.05, 0) is 32.0 Å². The summed E-state index contributed by atoms with van der Waals surface area (Å²) in [6, 6.07) is 7.61. The number of imidazole rings is 1. The Morgan fingerprint density at radius 1 is 1.26 bits per heavy atom. The second-order valence-electron chi connectivity index (χ2n) is 5.55. The summed E-state index contributed by atoms with van der Waals surface area (Å²) in [5.41, 5.74) is 2.42. The molecule has 23 heavy (non-hydrogen) atoms. The predicted molar refractivity (Wildman–Crippen MR) is 90.7 cm³/mol. The Morgan fingerprint density at radius 2 is 2.04 bits per heavy atom. The molecule has 0 amide bonds. The van der Waals surface area contributed by atoms with Gasteiger partial charge in [0.2, 0.25) is 0 Å². The van der Waals surface area contributed by atoms with Crippen molar-refractivity contribution in [3.8, 4) is 11.4 Å². The summed E-state index contributed by atoms with van der Waals surface area (Å²) in [6.45, 7) is 3.83. The summed E-state index contributed by atoms with van der Waals surface area (Å²) in [7, 11) is 1.73. The van der Waals surface area contributed by atoms with Gasteiger partial charge in [0.15, 0.2) is 0 Å². The Bertz CT molecular complexity index is 872. The highest BCUT2D eigenvalue weighted by Crippen LogP contribution is 2.27. The van der Waals surface area contributed by atoms with Crippen LogP contribution in [0.4, 0.5) is 0 Å². The standard InChI is InChI=1S/C17H17ClN4O/c1-11-8-13(9-21(3)17(11)23)16-20-15(18)10-22(16)12(2)14-6-4-5-7-19-14/h4-10,12H,1-3H3. The Labute approximate surface area is 139 Å². The lowest BCUT2D eigenvalue weighted by atomic mass is 10.1. The van der Waals surface area contributed by atoms with Gasteiger partial charge < -0.3 is 9.13 Å². The predicted octanol–water partition coefficient (Wildman–Crippen LogP) is 3.21. The number of rotatable bonds is 3. The van der Waals surface area contributed by atoms with Crippen molar-refractivity contribution in [1.82, 2.24) is 19.1 Å². The van der Waals surface area contributed by atoms with Crippen LogP contribution in [-0.2, 0) is 7.05 Å². The third kappa shape index (κ3) is 2.92. The van der Waals surface area contributed by atoms with Gasteiger partial charge in [-0.2, -0.15) is 0 Å². The van der Waals surface area contributed by atoms with E-state index in [9.17, 15) is 4.79 Å². The highest BCUT2D eigenvalue weighted by atomic mass is 35.5. The molecule has 3 heterocycles. The molecular weight excluding hydrogens is 312 g/mol. The van der Waals surface area contributed by atoms with Gasteiger partial charge in [0.25, 0.3) is 5.56 Å². The molecule has 0 aromatic carbocycles. The summed E-state index contributed by atoms with van der Waals surface area (Å²) in [5, 5.41) is 0.411.